The molecule has 1 atom stereocenters. The number of halogens is 3. The van der Waals surface area contributed by atoms with E-state index in [1.165, 1.54) is 25.1 Å². The summed E-state index contributed by atoms with van der Waals surface area (Å²) in [5, 5.41) is 14.2. The highest BCUT2D eigenvalue weighted by Gasteiger charge is 2.35. The number of hydrogen-bond donors (Lipinski definition) is 3. The van der Waals surface area contributed by atoms with Crippen molar-refractivity contribution in [3.05, 3.63) is 77.6 Å². The van der Waals surface area contributed by atoms with Gasteiger partial charge in [0.15, 0.2) is 5.72 Å². The average Bonchev–Trinajstić information content (AvgIpc) is 3.08. The summed E-state index contributed by atoms with van der Waals surface area (Å²) in [5.74, 6) is 0. The van der Waals surface area contributed by atoms with Crippen molar-refractivity contribution in [2.24, 2.45) is 0 Å². The first-order valence-electron chi connectivity index (χ1n) is 8.29. The lowest BCUT2D eigenvalue weighted by Crippen LogP contribution is -2.41. The van der Waals surface area contributed by atoms with E-state index < -0.39 is 17.5 Å². The van der Waals surface area contributed by atoms with Crippen LogP contribution < -0.4 is 5.32 Å². The van der Waals surface area contributed by atoms with Crippen molar-refractivity contribution in [3.8, 4) is 0 Å². The zero-order valence-electron chi connectivity index (χ0n) is 14.3. The summed E-state index contributed by atoms with van der Waals surface area (Å²) in [7, 11) is 0. The molecular formula is C20H16F3N3O. The van der Waals surface area contributed by atoms with Crippen LogP contribution in [0.15, 0.2) is 60.9 Å². The van der Waals surface area contributed by atoms with Crippen molar-refractivity contribution in [3.63, 3.8) is 0 Å². The molecule has 138 valence electrons. The van der Waals surface area contributed by atoms with Crippen LogP contribution in [0.2, 0.25) is 0 Å². The van der Waals surface area contributed by atoms with E-state index in [-0.39, 0.29) is 11.3 Å². The summed E-state index contributed by atoms with van der Waals surface area (Å²) in [6.45, 7) is 1.49. The van der Waals surface area contributed by atoms with Crippen LogP contribution in [-0.2, 0) is 6.18 Å². The molecule has 1 aliphatic rings. The van der Waals surface area contributed by atoms with Crippen LogP contribution in [0.25, 0.3) is 22.3 Å². The molecule has 1 aromatic carbocycles. The molecule has 3 heterocycles. The van der Waals surface area contributed by atoms with E-state index in [0.717, 1.165) is 17.0 Å². The maximum atomic E-state index is 13.4. The topological polar surface area (TPSA) is 60.9 Å². The third-order valence-electron chi connectivity index (χ3n) is 4.42. The second-order valence-corrected chi connectivity index (χ2v) is 6.57. The third kappa shape index (κ3) is 3.21. The van der Waals surface area contributed by atoms with Crippen molar-refractivity contribution >= 4 is 22.3 Å². The van der Waals surface area contributed by atoms with Crippen LogP contribution in [0.3, 0.4) is 0 Å². The van der Waals surface area contributed by atoms with Gasteiger partial charge in [-0.05, 0) is 48.4 Å². The van der Waals surface area contributed by atoms with E-state index in [9.17, 15) is 18.3 Å². The van der Waals surface area contributed by atoms with Crippen molar-refractivity contribution in [2.75, 3.05) is 0 Å². The number of nitrogens with zero attached hydrogens (tertiary/aromatic N) is 1. The molecule has 3 N–H and O–H groups in total. The van der Waals surface area contributed by atoms with Gasteiger partial charge in [0.25, 0.3) is 0 Å². The molecule has 0 spiro atoms. The maximum Gasteiger partial charge on any atom is 0.417 e. The largest absolute Gasteiger partial charge is 0.417 e. The molecule has 1 unspecified atom stereocenters. The van der Waals surface area contributed by atoms with E-state index in [2.05, 4.69) is 15.3 Å². The van der Waals surface area contributed by atoms with E-state index in [1.807, 2.05) is 6.07 Å². The summed E-state index contributed by atoms with van der Waals surface area (Å²) in [6, 6.07) is 8.91. The molecule has 0 saturated heterocycles. The molecule has 3 aromatic rings. The summed E-state index contributed by atoms with van der Waals surface area (Å²) < 4.78 is 40.3. The minimum Gasteiger partial charge on any atom is -0.368 e. The summed E-state index contributed by atoms with van der Waals surface area (Å²) in [6.07, 6.45) is 2.04. The number of alkyl halides is 3. The fourth-order valence-electron chi connectivity index (χ4n) is 3.32. The number of pyridine rings is 1. The lowest BCUT2D eigenvalue weighted by molar-refractivity contribution is -0.137. The van der Waals surface area contributed by atoms with Crippen molar-refractivity contribution < 1.29 is 18.3 Å². The Labute approximate surface area is 153 Å². The monoisotopic (exact) mass is 371 g/mol. The number of dihydropyridines is 1. The van der Waals surface area contributed by atoms with E-state index >= 15 is 0 Å². The van der Waals surface area contributed by atoms with Crippen molar-refractivity contribution in [1.29, 1.82) is 0 Å². The van der Waals surface area contributed by atoms with E-state index in [0.29, 0.717) is 11.2 Å². The molecule has 4 nitrogen and oxygen atoms in total. The summed E-state index contributed by atoms with van der Waals surface area (Å²) in [5.41, 5.74) is -0.0484. The normalized spacial score (nSPS) is 20.2. The van der Waals surface area contributed by atoms with Gasteiger partial charge in [-0.2, -0.15) is 13.2 Å². The molecule has 7 heteroatoms. The molecular weight excluding hydrogens is 355 g/mol. The first kappa shape index (κ1) is 17.4. The van der Waals surface area contributed by atoms with Crippen LogP contribution in [0.5, 0.6) is 0 Å². The number of aliphatic hydroxyl groups is 1. The van der Waals surface area contributed by atoms with Crippen LogP contribution in [0, 0.1) is 0 Å². The molecule has 0 fully saturated rings. The first-order chi connectivity index (χ1) is 12.7. The van der Waals surface area contributed by atoms with Gasteiger partial charge in [0.2, 0.25) is 0 Å². The summed E-state index contributed by atoms with van der Waals surface area (Å²) >= 11 is 0. The maximum absolute atomic E-state index is 13.4. The third-order valence-corrected chi connectivity index (χ3v) is 4.42. The molecule has 0 bridgehead atoms. The molecule has 0 amide bonds. The number of H-pyrrole nitrogens is 1. The zero-order valence-corrected chi connectivity index (χ0v) is 14.3. The smallest absolute Gasteiger partial charge is 0.368 e. The van der Waals surface area contributed by atoms with Gasteiger partial charge in [-0.25, -0.2) is 4.98 Å². The minimum atomic E-state index is -4.50. The van der Waals surface area contributed by atoms with Gasteiger partial charge in [0.1, 0.15) is 5.65 Å². The van der Waals surface area contributed by atoms with Gasteiger partial charge >= 0.3 is 6.18 Å². The zero-order chi connectivity index (χ0) is 19.2. The number of benzene rings is 1. The fraction of sp³-hybridized carbons (Fsp3) is 0.150. The predicted octanol–water partition coefficient (Wildman–Crippen LogP) is 4.32. The van der Waals surface area contributed by atoms with Crippen LogP contribution in [-0.4, -0.2) is 20.8 Å². The molecule has 1 aliphatic heterocycles. The SMILES string of the molecule is CC1(O)C=C(c2ccnc3[nH]ccc23)C=C(c2ccccc2C(F)(F)F)N1. The van der Waals surface area contributed by atoms with Gasteiger partial charge in [-0.15, -0.1) is 0 Å². The molecule has 0 aliphatic carbocycles. The number of allylic oxidation sites excluding steroid dienone is 2. The van der Waals surface area contributed by atoms with Crippen molar-refractivity contribution in [1.82, 2.24) is 15.3 Å². The van der Waals surface area contributed by atoms with Gasteiger partial charge in [-0.3, -0.25) is 0 Å². The quantitative estimate of drug-likeness (QED) is 0.629. The van der Waals surface area contributed by atoms with Gasteiger partial charge in [0.05, 0.1) is 5.56 Å². The second-order valence-electron chi connectivity index (χ2n) is 6.57. The highest BCUT2D eigenvalue weighted by atomic mass is 19.4. The second kappa shape index (κ2) is 5.99. The highest BCUT2D eigenvalue weighted by Crippen LogP contribution is 2.38. The minimum absolute atomic E-state index is 0.0183. The highest BCUT2D eigenvalue weighted by molar-refractivity contribution is 5.96. The Kier molecular flexibility index (Phi) is 3.85. The van der Waals surface area contributed by atoms with Gasteiger partial charge in [0, 0.05) is 29.0 Å². The Morgan fingerprint density at radius 1 is 1.07 bits per heavy atom. The Balaban J connectivity index is 1.90. The Bertz CT molecular complexity index is 1080. The molecule has 0 saturated carbocycles. The predicted molar refractivity (Wildman–Crippen MR) is 97.3 cm³/mol. The van der Waals surface area contributed by atoms with Gasteiger partial charge < -0.3 is 15.4 Å². The fourth-order valence-corrected chi connectivity index (χ4v) is 3.32. The average molecular weight is 371 g/mol. The summed E-state index contributed by atoms with van der Waals surface area (Å²) in [4.78, 5) is 7.23. The number of rotatable bonds is 2. The standard InChI is InChI=1S/C20H16F3N3O/c1-19(27)11-12(13-6-8-24-18-14(13)7-9-25-18)10-17(26-19)15-4-2-3-5-16(15)20(21,22)23/h2-11,26-27H,1H3,(H,24,25). The lowest BCUT2D eigenvalue weighted by atomic mass is 9.93. The van der Waals surface area contributed by atoms with Crippen LogP contribution in [0.1, 0.15) is 23.6 Å². The molecule has 4 rings (SSSR count). The Morgan fingerprint density at radius 2 is 1.85 bits per heavy atom. The Hall–Kier alpha value is -3.06. The molecule has 2 aromatic heterocycles. The number of hydrogen-bond acceptors (Lipinski definition) is 3. The Morgan fingerprint density at radius 3 is 2.63 bits per heavy atom. The van der Waals surface area contributed by atoms with E-state index in [4.69, 9.17) is 0 Å². The van der Waals surface area contributed by atoms with Crippen LogP contribution in [0.4, 0.5) is 13.2 Å². The number of nitrogens with one attached hydrogen (secondary N) is 2. The molecule has 27 heavy (non-hydrogen) atoms. The molecule has 0 radical (unpaired) electrons. The lowest BCUT2D eigenvalue weighted by Gasteiger charge is -2.31. The number of aromatic amines is 1. The van der Waals surface area contributed by atoms with Crippen LogP contribution >= 0.6 is 0 Å². The number of aromatic nitrogens is 2. The van der Waals surface area contributed by atoms with Gasteiger partial charge in [-0.1, -0.05) is 18.2 Å². The van der Waals surface area contributed by atoms with E-state index in [1.54, 1.807) is 30.6 Å². The van der Waals surface area contributed by atoms with Crippen molar-refractivity contribution in [2.45, 2.75) is 18.8 Å². The first-order valence-corrected chi connectivity index (χ1v) is 8.29. The number of fused-ring (bicyclic) bond motifs is 1.